The van der Waals surface area contributed by atoms with Gasteiger partial charge in [0.1, 0.15) is 5.82 Å². The molecule has 26 heavy (non-hydrogen) atoms. The van der Waals surface area contributed by atoms with Crippen molar-refractivity contribution in [2.45, 2.75) is 26.8 Å². The molecular formula is C20H21N5O. The van der Waals surface area contributed by atoms with E-state index < -0.39 is 0 Å². The number of hydrogen-bond acceptors (Lipinski definition) is 3. The lowest BCUT2D eigenvalue weighted by Crippen LogP contribution is -2.25. The number of para-hydroxylation sites is 2. The molecule has 0 aliphatic carbocycles. The van der Waals surface area contributed by atoms with E-state index in [0.29, 0.717) is 12.2 Å². The molecule has 1 amide bonds. The Morgan fingerprint density at radius 2 is 2.04 bits per heavy atom. The molecule has 0 bridgehead atoms. The van der Waals surface area contributed by atoms with Gasteiger partial charge in [-0.3, -0.25) is 9.89 Å². The zero-order valence-corrected chi connectivity index (χ0v) is 14.9. The fraction of sp³-hybridized carbons (Fsp3) is 0.250. The van der Waals surface area contributed by atoms with Gasteiger partial charge in [-0.1, -0.05) is 23.8 Å². The number of rotatable bonds is 5. The molecule has 2 heterocycles. The minimum absolute atomic E-state index is 0.144. The van der Waals surface area contributed by atoms with Gasteiger partial charge in [-0.05, 0) is 44.5 Å². The van der Waals surface area contributed by atoms with Crippen LogP contribution in [0.1, 0.15) is 28.3 Å². The van der Waals surface area contributed by atoms with Gasteiger partial charge in [0.2, 0.25) is 0 Å². The zero-order valence-electron chi connectivity index (χ0n) is 14.9. The number of imidazole rings is 1. The first-order valence-corrected chi connectivity index (χ1v) is 8.78. The lowest BCUT2D eigenvalue weighted by Gasteiger charge is -2.08. The highest BCUT2D eigenvalue weighted by Crippen LogP contribution is 2.18. The van der Waals surface area contributed by atoms with Crippen LogP contribution in [-0.4, -0.2) is 32.2 Å². The molecule has 0 aliphatic heterocycles. The lowest BCUT2D eigenvalue weighted by molar-refractivity contribution is 0.0949. The van der Waals surface area contributed by atoms with E-state index in [1.807, 2.05) is 50.2 Å². The van der Waals surface area contributed by atoms with Gasteiger partial charge in [0.25, 0.3) is 5.91 Å². The number of amides is 1. The van der Waals surface area contributed by atoms with Crippen LogP contribution in [0.25, 0.3) is 21.9 Å². The maximum Gasteiger partial charge on any atom is 0.272 e. The molecule has 4 rings (SSSR count). The van der Waals surface area contributed by atoms with E-state index in [-0.39, 0.29) is 5.91 Å². The quantitative estimate of drug-likeness (QED) is 0.544. The van der Waals surface area contributed by atoms with E-state index in [1.165, 1.54) is 0 Å². The molecule has 0 unspecified atom stereocenters. The van der Waals surface area contributed by atoms with Gasteiger partial charge in [0.05, 0.1) is 16.6 Å². The molecule has 2 aromatic heterocycles. The van der Waals surface area contributed by atoms with Gasteiger partial charge in [0, 0.05) is 18.5 Å². The number of aromatic amines is 1. The predicted octanol–water partition coefficient (Wildman–Crippen LogP) is 3.35. The molecule has 132 valence electrons. The lowest BCUT2D eigenvalue weighted by atomic mass is 10.1. The summed E-state index contributed by atoms with van der Waals surface area (Å²) < 4.78 is 2.19. The first kappa shape index (κ1) is 16.3. The Morgan fingerprint density at radius 3 is 2.92 bits per heavy atom. The Morgan fingerprint density at radius 1 is 1.19 bits per heavy atom. The number of aromatic nitrogens is 4. The van der Waals surface area contributed by atoms with E-state index >= 15 is 0 Å². The van der Waals surface area contributed by atoms with Gasteiger partial charge < -0.3 is 9.88 Å². The highest BCUT2D eigenvalue weighted by atomic mass is 16.1. The van der Waals surface area contributed by atoms with Crippen molar-refractivity contribution in [2.24, 2.45) is 0 Å². The number of fused-ring (bicyclic) bond motifs is 2. The van der Waals surface area contributed by atoms with Crippen molar-refractivity contribution in [3.05, 3.63) is 59.5 Å². The third-order valence-electron chi connectivity index (χ3n) is 4.62. The van der Waals surface area contributed by atoms with Crippen LogP contribution in [0.2, 0.25) is 0 Å². The van der Waals surface area contributed by atoms with Crippen molar-refractivity contribution in [2.75, 3.05) is 6.54 Å². The fourth-order valence-corrected chi connectivity index (χ4v) is 3.30. The van der Waals surface area contributed by atoms with E-state index in [0.717, 1.165) is 46.3 Å². The Hall–Kier alpha value is -3.15. The largest absolute Gasteiger partial charge is 0.351 e. The monoisotopic (exact) mass is 347 g/mol. The number of benzene rings is 2. The number of nitrogens with zero attached hydrogens (tertiary/aromatic N) is 3. The van der Waals surface area contributed by atoms with E-state index in [1.54, 1.807) is 0 Å². The summed E-state index contributed by atoms with van der Waals surface area (Å²) in [4.78, 5) is 17.0. The number of H-pyrrole nitrogens is 1. The molecule has 0 atom stereocenters. The summed E-state index contributed by atoms with van der Waals surface area (Å²) in [7, 11) is 0. The summed E-state index contributed by atoms with van der Waals surface area (Å²) in [6, 6.07) is 14.0. The summed E-state index contributed by atoms with van der Waals surface area (Å²) in [5, 5.41) is 10.9. The first-order valence-electron chi connectivity index (χ1n) is 8.78. The summed E-state index contributed by atoms with van der Waals surface area (Å²) in [6.07, 6.45) is 0.828. The van der Waals surface area contributed by atoms with Gasteiger partial charge >= 0.3 is 0 Å². The summed E-state index contributed by atoms with van der Waals surface area (Å²) >= 11 is 0. The third kappa shape index (κ3) is 2.94. The average Bonchev–Trinajstić information content (AvgIpc) is 3.19. The highest BCUT2D eigenvalue weighted by molar-refractivity contribution is 6.04. The SMILES string of the molecule is Cc1ccc2[nH]nc(C(=O)NCCCn3c(C)nc4ccccc43)c2c1. The Kier molecular flexibility index (Phi) is 4.16. The second kappa shape index (κ2) is 6.63. The van der Waals surface area contributed by atoms with Crippen molar-refractivity contribution in [3.8, 4) is 0 Å². The van der Waals surface area contributed by atoms with Crippen LogP contribution in [-0.2, 0) is 6.54 Å². The van der Waals surface area contributed by atoms with Crippen LogP contribution in [0.3, 0.4) is 0 Å². The molecule has 2 N–H and O–H groups in total. The number of nitrogens with one attached hydrogen (secondary N) is 2. The van der Waals surface area contributed by atoms with Crippen molar-refractivity contribution < 1.29 is 4.79 Å². The minimum Gasteiger partial charge on any atom is -0.351 e. The topological polar surface area (TPSA) is 75.6 Å². The Balaban J connectivity index is 1.40. The number of hydrogen-bond donors (Lipinski definition) is 2. The van der Waals surface area contributed by atoms with Crippen molar-refractivity contribution in [3.63, 3.8) is 0 Å². The highest BCUT2D eigenvalue weighted by Gasteiger charge is 2.14. The molecule has 0 radical (unpaired) electrons. The first-order chi connectivity index (χ1) is 12.6. The second-order valence-corrected chi connectivity index (χ2v) is 6.53. The maximum atomic E-state index is 12.5. The van der Waals surface area contributed by atoms with Crippen molar-refractivity contribution in [1.29, 1.82) is 0 Å². The Labute approximate surface area is 151 Å². The van der Waals surface area contributed by atoms with Crippen LogP contribution in [0.15, 0.2) is 42.5 Å². The standard InChI is InChI=1S/C20H21N5O/c1-13-8-9-16-15(12-13)19(24-23-16)20(26)21-10-5-11-25-14(2)22-17-6-3-4-7-18(17)25/h3-4,6-9,12H,5,10-11H2,1-2H3,(H,21,26)(H,23,24). The number of carbonyl (C=O) groups is 1. The van der Waals surface area contributed by atoms with E-state index in [9.17, 15) is 4.79 Å². The van der Waals surface area contributed by atoms with Crippen LogP contribution < -0.4 is 5.32 Å². The van der Waals surface area contributed by atoms with Crippen LogP contribution in [0.4, 0.5) is 0 Å². The molecule has 0 saturated carbocycles. The molecule has 0 fully saturated rings. The number of aryl methyl sites for hydroxylation is 3. The molecule has 0 saturated heterocycles. The Bertz CT molecular complexity index is 1090. The maximum absolute atomic E-state index is 12.5. The van der Waals surface area contributed by atoms with E-state index in [4.69, 9.17) is 0 Å². The molecule has 0 aliphatic rings. The van der Waals surface area contributed by atoms with Crippen LogP contribution >= 0.6 is 0 Å². The average molecular weight is 347 g/mol. The predicted molar refractivity (Wildman–Crippen MR) is 102 cm³/mol. The molecular weight excluding hydrogens is 326 g/mol. The minimum atomic E-state index is -0.144. The summed E-state index contributed by atoms with van der Waals surface area (Å²) in [5.74, 6) is 0.848. The smallest absolute Gasteiger partial charge is 0.272 e. The summed E-state index contributed by atoms with van der Waals surface area (Å²) in [6.45, 7) is 5.42. The van der Waals surface area contributed by atoms with Crippen LogP contribution in [0, 0.1) is 13.8 Å². The zero-order chi connectivity index (χ0) is 18.1. The van der Waals surface area contributed by atoms with Gasteiger partial charge in [-0.2, -0.15) is 5.10 Å². The third-order valence-corrected chi connectivity index (χ3v) is 4.62. The normalized spacial score (nSPS) is 11.3. The van der Waals surface area contributed by atoms with Crippen LogP contribution in [0.5, 0.6) is 0 Å². The van der Waals surface area contributed by atoms with Crippen molar-refractivity contribution >= 4 is 27.8 Å². The molecule has 4 aromatic rings. The second-order valence-electron chi connectivity index (χ2n) is 6.53. The molecule has 6 heteroatoms. The molecule has 0 spiro atoms. The van der Waals surface area contributed by atoms with Gasteiger partial charge in [-0.25, -0.2) is 4.98 Å². The van der Waals surface area contributed by atoms with E-state index in [2.05, 4.69) is 31.1 Å². The van der Waals surface area contributed by atoms with Gasteiger partial charge in [0.15, 0.2) is 5.69 Å². The summed E-state index contributed by atoms with van der Waals surface area (Å²) in [5.41, 5.74) is 4.57. The fourth-order valence-electron chi connectivity index (χ4n) is 3.30. The molecule has 2 aromatic carbocycles. The molecule has 6 nitrogen and oxygen atoms in total. The van der Waals surface area contributed by atoms with Gasteiger partial charge in [-0.15, -0.1) is 0 Å². The van der Waals surface area contributed by atoms with Crippen molar-refractivity contribution in [1.82, 2.24) is 25.1 Å². The number of carbonyl (C=O) groups excluding carboxylic acids is 1.